The van der Waals surface area contributed by atoms with E-state index in [1.54, 1.807) is 0 Å². The average Bonchev–Trinajstić information content (AvgIpc) is 3.18. The van der Waals surface area contributed by atoms with Crippen LogP contribution in [0.4, 0.5) is 0 Å². The second kappa shape index (κ2) is 9.60. The van der Waals surface area contributed by atoms with Gasteiger partial charge in [0, 0.05) is 26.1 Å². The summed E-state index contributed by atoms with van der Waals surface area (Å²) in [7, 11) is 0. The molecular formula is C21H30N2O3. The molecular weight excluding hydrogens is 328 g/mol. The summed E-state index contributed by atoms with van der Waals surface area (Å²) in [6.07, 6.45) is 7.55. The van der Waals surface area contributed by atoms with Crippen LogP contribution in [0.1, 0.15) is 44.9 Å². The quantitative estimate of drug-likeness (QED) is 0.815. The van der Waals surface area contributed by atoms with Crippen molar-refractivity contribution in [1.29, 1.82) is 0 Å². The highest BCUT2D eigenvalue weighted by Crippen LogP contribution is 2.27. The van der Waals surface area contributed by atoms with Gasteiger partial charge in [-0.2, -0.15) is 0 Å². The molecule has 0 aromatic heterocycles. The Morgan fingerprint density at radius 1 is 1.00 bits per heavy atom. The first-order chi connectivity index (χ1) is 12.7. The van der Waals surface area contributed by atoms with E-state index < -0.39 is 0 Å². The predicted molar refractivity (Wildman–Crippen MR) is 101 cm³/mol. The van der Waals surface area contributed by atoms with E-state index in [9.17, 15) is 9.59 Å². The SMILES string of the molecule is O=C(CC1CCCC1)NCC1CCN(C(=O)COc2ccccc2)CC1. The van der Waals surface area contributed by atoms with Crippen LogP contribution < -0.4 is 10.1 Å². The Morgan fingerprint density at radius 2 is 1.69 bits per heavy atom. The minimum absolute atomic E-state index is 0.0394. The van der Waals surface area contributed by atoms with Gasteiger partial charge >= 0.3 is 0 Å². The molecule has 2 amide bonds. The molecule has 1 heterocycles. The fourth-order valence-electron chi connectivity index (χ4n) is 3.95. The molecule has 1 aromatic carbocycles. The molecule has 5 heteroatoms. The van der Waals surface area contributed by atoms with Gasteiger partial charge < -0.3 is 15.0 Å². The fraction of sp³-hybridized carbons (Fsp3) is 0.619. The van der Waals surface area contributed by atoms with Crippen molar-refractivity contribution in [2.45, 2.75) is 44.9 Å². The largest absolute Gasteiger partial charge is 0.484 e. The maximum absolute atomic E-state index is 12.3. The van der Waals surface area contributed by atoms with Gasteiger partial charge in [-0.3, -0.25) is 9.59 Å². The van der Waals surface area contributed by atoms with Crippen molar-refractivity contribution in [2.75, 3.05) is 26.2 Å². The number of para-hydroxylation sites is 1. The van der Waals surface area contributed by atoms with Crippen molar-refractivity contribution in [3.05, 3.63) is 30.3 Å². The van der Waals surface area contributed by atoms with Gasteiger partial charge in [0.2, 0.25) is 5.91 Å². The molecule has 2 fully saturated rings. The monoisotopic (exact) mass is 358 g/mol. The molecule has 1 aliphatic heterocycles. The van der Waals surface area contributed by atoms with Gasteiger partial charge in [-0.25, -0.2) is 0 Å². The lowest BCUT2D eigenvalue weighted by Crippen LogP contribution is -2.43. The van der Waals surface area contributed by atoms with Crippen LogP contribution in [0.25, 0.3) is 0 Å². The lowest BCUT2D eigenvalue weighted by Gasteiger charge is -2.32. The number of carbonyl (C=O) groups is 2. The Morgan fingerprint density at radius 3 is 2.38 bits per heavy atom. The van der Waals surface area contributed by atoms with Gasteiger partial charge in [-0.05, 0) is 49.7 Å². The van der Waals surface area contributed by atoms with E-state index >= 15 is 0 Å². The zero-order chi connectivity index (χ0) is 18.2. The highest BCUT2D eigenvalue weighted by Gasteiger charge is 2.24. The Kier molecular flexibility index (Phi) is 6.92. The summed E-state index contributed by atoms with van der Waals surface area (Å²) in [5.41, 5.74) is 0. The third-order valence-corrected chi connectivity index (χ3v) is 5.61. The van der Waals surface area contributed by atoms with Crippen molar-refractivity contribution >= 4 is 11.8 Å². The highest BCUT2D eigenvalue weighted by atomic mass is 16.5. The van der Waals surface area contributed by atoms with Gasteiger partial charge in [0.15, 0.2) is 6.61 Å². The van der Waals surface area contributed by atoms with Crippen molar-refractivity contribution in [3.8, 4) is 5.75 Å². The number of nitrogens with zero attached hydrogens (tertiary/aromatic N) is 1. The average molecular weight is 358 g/mol. The van der Waals surface area contributed by atoms with Gasteiger partial charge in [-0.15, -0.1) is 0 Å². The molecule has 2 aliphatic rings. The lowest BCUT2D eigenvalue weighted by atomic mass is 9.96. The van der Waals surface area contributed by atoms with Crippen LogP contribution in [0.15, 0.2) is 30.3 Å². The number of likely N-dealkylation sites (tertiary alicyclic amines) is 1. The Hall–Kier alpha value is -2.04. The zero-order valence-corrected chi connectivity index (χ0v) is 15.5. The van der Waals surface area contributed by atoms with E-state index in [4.69, 9.17) is 4.74 Å². The molecule has 0 radical (unpaired) electrons. The Labute approximate surface area is 156 Å². The van der Waals surface area contributed by atoms with Gasteiger partial charge in [0.05, 0.1) is 0 Å². The van der Waals surface area contributed by atoms with E-state index in [0.29, 0.717) is 18.3 Å². The summed E-state index contributed by atoms with van der Waals surface area (Å²) in [6.45, 7) is 2.33. The summed E-state index contributed by atoms with van der Waals surface area (Å²) in [6, 6.07) is 9.42. The third kappa shape index (κ3) is 5.75. The second-order valence-electron chi connectivity index (χ2n) is 7.58. The van der Waals surface area contributed by atoms with E-state index in [2.05, 4.69) is 5.32 Å². The molecule has 1 saturated carbocycles. The molecule has 26 heavy (non-hydrogen) atoms. The summed E-state index contributed by atoms with van der Waals surface area (Å²) >= 11 is 0. The van der Waals surface area contributed by atoms with Crippen LogP contribution in [0.3, 0.4) is 0 Å². The van der Waals surface area contributed by atoms with Gasteiger partial charge in [0.1, 0.15) is 5.75 Å². The van der Waals surface area contributed by atoms with Crippen LogP contribution >= 0.6 is 0 Å². The van der Waals surface area contributed by atoms with Crippen molar-refractivity contribution in [3.63, 3.8) is 0 Å². The summed E-state index contributed by atoms with van der Waals surface area (Å²) < 4.78 is 5.54. The molecule has 1 aromatic rings. The summed E-state index contributed by atoms with van der Waals surface area (Å²) in [5, 5.41) is 3.10. The Balaban J connectivity index is 1.30. The maximum Gasteiger partial charge on any atom is 0.260 e. The zero-order valence-electron chi connectivity index (χ0n) is 15.5. The number of piperidine rings is 1. The van der Waals surface area contributed by atoms with Crippen LogP contribution in [0.5, 0.6) is 5.75 Å². The molecule has 1 saturated heterocycles. The topological polar surface area (TPSA) is 58.6 Å². The number of carbonyl (C=O) groups excluding carboxylic acids is 2. The minimum atomic E-state index is 0.0394. The normalized spacial score (nSPS) is 18.7. The molecule has 5 nitrogen and oxygen atoms in total. The molecule has 3 rings (SSSR count). The van der Waals surface area contributed by atoms with Crippen LogP contribution in [0.2, 0.25) is 0 Å². The molecule has 0 spiro atoms. The number of hydrogen-bond acceptors (Lipinski definition) is 3. The molecule has 1 N–H and O–H groups in total. The first kappa shape index (κ1) is 18.7. The van der Waals surface area contributed by atoms with E-state index in [1.807, 2.05) is 35.2 Å². The van der Waals surface area contributed by atoms with Crippen LogP contribution in [-0.4, -0.2) is 43.0 Å². The van der Waals surface area contributed by atoms with E-state index in [0.717, 1.165) is 38.2 Å². The lowest BCUT2D eigenvalue weighted by molar-refractivity contribution is -0.135. The third-order valence-electron chi connectivity index (χ3n) is 5.61. The molecule has 0 bridgehead atoms. The Bertz CT molecular complexity index is 576. The number of rotatable bonds is 7. The van der Waals surface area contributed by atoms with Crippen LogP contribution in [0, 0.1) is 11.8 Å². The number of benzene rings is 1. The number of hydrogen-bond donors (Lipinski definition) is 1. The molecule has 1 aliphatic carbocycles. The summed E-state index contributed by atoms with van der Waals surface area (Å²) in [5.74, 6) is 2.03. The molecule has 142 valence electrons. The van der Waals surface area contributed by atoms with E-state index in [-0.39, 0.29) is 18.4 Å². The molecule has 0 unspecified atom stereocenters. The highest BCUT2D eigenvalue weighted by molar-refractivity contribution is 5.78. The standard InChI is InChI=1S/C21H30N2O3/c24-20(14-17-6-4-5-7-17)22-15-18-10-12-23(13-11-18)21(25)16-26-19-8-2-1-3-9-19/h1-3,8-9,17-18H,4-7,10-16H2,(H,22,24). The number of ether oxygens (including phenoxy) is 1. The summed E-state index contributed by atoms with van der Waals surface area (Å²) in [4.78, 5) is 26.2. The van der Waals surface area contributed by atoms with Gasteiger partial charge in [0.25, 0.3) is 5.91 Å². The van der Waals surface area contributed by atoms with E-state index in [1.165, 1.54) is 25.7 Å². The first-order valence-corrected chi connectivity index (χ1v) is 9.93. The predicted octanol–water partition coefficient (Wildman–Crippen LogP) is 3.00. The number of nitrogens with one attached hydrogen (secondary N) is 1. The van der Waals surface area contributed by atoms with Crippen molar-refractivity contribution in [2.24, 2.45) is 11.8 Å². The van der Waals surface area contributed by atoms with Crippen molar-refractivity contribution in [1.82, 2.24) is 10.2 Å². The smallest absolute Gasteiger partial charge is 0.260 e. The maximum atomic E-state index is 12.3. The molecule has 0 atom stereocenters. The van der Waals surface area contributed by atoms with Gasteiger partial charge in [-0.1, -0.05) is 31.0 Å². The number of amides is 2. The second-order valence-corrected chi connectivity index (χ2v) is 7.58. The van der Waals surface area contributed by atoms with Crippen LogP contribution in [-0.2, 0) is 9.59 Å². The van der Waals surface area contributed by atoms with Crippen molar-refractivity contribution < 1.29 is 14.3 Å². The fourth-order valence-corrected chi connectivity index (χ4v) is 3.95. The first-order valence-electron chi connectivity index (χ1n) is 9.93. The minimum Gasteiger partial charge on any atom is -0.484 e.